The van der Waals surface area contributed by atoms with Crippen LogP contribution in [-0.4, -0.2) is 53.1 Å². The molecule has 0 atom stereocenters. The van der Waals surface area contributed by atoms with Crippen molar-refractivity contribution >= 4 is 12.0 Å². The number of rotatable bonds is 2. The number of carboxylic acid groups (broad SMARTS) is 1. The molecule has 0 aromatic heterocycles. The van der Waals surface area contributed by atoms with Crippen molar-refractivity contribution in [3.63, 3.8) is 0 Å². The second kappa shape index (κ2) is 5.94. The quantitative estimate of drug-likeness (QED) is 0.893. The van der Waals surface area contributed by atoms with Gasteiger partial charge in [-0.05, 0) is 25.0 Å². The lowest BCUT2D eigenvalue weighted by Crippen LogP contribution is -2.50. The minimum atomic E-state index is -0.911. The number of aryl methyl sites for hydroxylation is 2. The third-order valence-electron chi connectivity index (χ3n) is 3.75. The summed E-state index contributed by atoms with van der Waals surface area (Å²) in [6, 6.07) is 6.11. The number of benzene rings is 1. The molecule has 20 heavy (non-hydrogen) atoms. The van der Waals surface area contributed by atoms with Gasteiger partial charge in [0, 0.05) is 26.2 Å². The average molecular weight is 276 g/mol. The van der Waals surface area contributed by atoms with Crippen LogP contribution in [0.1, 0.15) is 16.7 Å². The minimum absolute atomic E-state index is 0.0729. The predicted molar refractivity (Wildman–Crippen MR) is 75.8 cm³/mol. The molecule has 0 bridgehead atoms. The van der Waals surface area contributed by atoms with Crippen molar-refractivity contribution < 1.29 is 14.7 Å². The lowest BCUT2D eigenvalue weighted by Gasteiger charge is -2.33. The van der Waals surface area contributed by atoms with Crippen LogP contribution in [0.15, 0.2) is 18.2 Å². The Morgan fingerprint density at radius 2 is 1.70 bits per heavy atom. The zero-order valence-corrected chi connectivity index (χ0v) is 11.9. The Hall–Kier alpha value is -2.04. The molecule has 1 aromatic carbocycles. The van der Waals surface area contributed by atoms with E-state index in [0.717, 1.165) is 16.7 Å². The summed E-state index contributed by atoms with van der Waals surface area (Å²) in [6.07, 6.45) is -0.521. The summed E-state index contributed by atoms with van der Waals surface area (Å²) in [4.78, 5) is 26.2. The van der Waals surface area contributed by atoms with Crippen molar-refractivity contribution in [2.45, 2.75) is 20.3 Å². The summed E-state index contributed by atoms with van der Waals surface area (Å²) in [7, 11) is 0. The maximum absolute atomic E-state index is 12.3. The van der Waals surface area contributed by atoms with Gasteiger partial charge in [0.1, 0.15) is 0 Å². The van der Waals surface area contributed by atoms with E-state index in [0.29, 0.717) is 32.6 Å². The summed E-state index contributed by atoms with van der Waals surface area (Å²) in [5, 5.41) is 8.89. The molecule has 0 spiro atoms. The van der Waals surface area contributed by atoms with Crippen LogP contribution in [0.2, 0.25) is 0 Å². The van der Waals surface area contributed by atoms with Gasteiger partial charge in [-0.2, -0.15) is 0 Å². The van der Waals surface area contributed by atoms with Crippen LogP contribution < -0.4 is 0 Å². The van der Waals surface area contributed by atoms with Gasteiger partial charge in [-0.15, -0.1) is 0 Å². The molecule has 108 valence electrons. The van der Waals surface area contributed by atoms with Crippen molar-refractivity contribution in [2.75, 3.05) is 26.2 Å². The molecule has 1 heterocycles. The zero-order chi connectivity index (χ0) is 14.7. The maximum atomic E-state index is 12.3. The van der Waals surface area contributed by atoms with E-state index in [1.54, 1.807) is 4.90 Å². The van der Waals surface area contributed by atoms with Gasteiger partial charge in [0.2, 0.25) is 5.91 Å². The van der Waals surface area contributed by atoms with Gasteiger partial charge in [-0.3, -0.25) is 4.79 Å². The van der Waals surface area contributed by atoms with E-state index in [1.165, 1.54) is 4.90 Å². The molecule has 0 saturated carbocycles. The molecule has 1 fully saturated rings. The Morgan fingerprint density at radius 1 is 1.10 bits per heavy atom. The summed E-state index contributed by atoms with van der Waals surface area (Å²) in [5.41, 5.74) is 3.32. The number of hydrogen-bond donors (Lipinski definition) is 1. The van der Waals surface area contributed by atoms with E-state index < -0.39 is 6.09 Å². The van der Waals surface area contributed by atoms with Gasteiger partial charge < -0.3 is 14.9 Å². The number of carbonyl (C=O) groups excluding carboxylic acids is 1. The van der Waals surface area contributed by atoms with E-state index in [-0.39, 0.29) is 5.91 Å². The Kier molecular flexibility index (Phi) is 4.27. The van der Waals surface area contributed by atoms with Crippen LogP contribution in [0.5, 0.6) is 0 Å². The molecule has 0 radical (unpaired) electrons. The summed E-state index contributed by atoms with van der Waals surface area (Å²) >= 11 is 0. The molecule has 1 saturated heterocycles. The third-order valence-corrected chi connectivity index (χ3v) is 3.75. The summed E-state index contributed by atoms with van der Waals surface area (Å²) in [5.74, 6) is 0.0729. The van der Waals surface area contributed by atoms with Crippen LogP contribution in [0.4, 0.5) is 4.79 Å². The first-order chi connectivity index (χ1) is 9.47. The SMILES string of the molecule is Cc1ccc(C)c(CC(=O)N2CCN(C(=O)O)CC2)c1. The maximum Gasteiger partial charge on any atom is 0.407 e. The van der Waals surface area contributed by atoms with E-state index in [2.05, 4.69) is 0 Å². The third kappa shape index (κ3) is 3.29. The number of carbonyl (C=O) groups is 2. The summed E-state index contributed by atoms with van der Waals surface area (Å²) in [6.45, 7) is 5.78. The lowest BCUT2D eigenvalue weighted by molar-refractivity contribution is -0.132. The van der Waals surface area contributed by atoms with Gasteiger partial charge in [-0.1, -0.05) is 23.8 Å². The molecule has 5 heteroatoms. The monoisotopic (exact) mass is 276 g/mol. The van der Waals surface area contributed by atoms with E-state index in [4.69, 9.17) is 5.11 Å². The highest BCUT2D eigenvalue weighted by Crippen LogP contribution is 2.13. The first-order valence-corrected chi connectivity index (χ1v) is 6.79. The molecule has 2 amide bonds. The molecule has 0 aliphatic carbocycles. The second-order valence-electron chi connectivity index (χ2n) is 5.26. The molecule has 1 aliphatic heterocycles. The number of amides is 2. The van der Waals surface area contributed by atoms with E-state index in [1.807, 2.05) is 32.0 Å². The number of hydrogen-bond acceptors (Lipinski definition) is 2. The topological polar surface area (TPSA) is 60.9 Å². The smallest absolute Gasteiger partial charge is 0.407 e. The zero-order valence-electron chi connectivity index (χ0n) is 11.9. The standard InChI is InChI=1S/C15H20N2O3/c1-11-3-4-12(2)13(9-11)10-14(18)16-5-7-17(8-6-16)15(19)20/h3-4,9H,5-8,10H2,1-2H3,(H,19,20). The highest BCUT2D eigenvalue weighted by molar-refractivity contribution is 5.79. The molecular weight excluding hydrogens is 256 g/mol. The fraction of sp³-hybridized carbons (Fsp3) is 0.467. The van der Waals surface area contributed by atoms with Crippen LogP contribution in [-0.2, 0) is 11.2 Å². The number of piperazine rings is 1. The second-order valence-corrected chi connectivity index (χ2v) is 5.26. The highest BCUT2D eigenvalue weighted by atomic mass is 16.4. The van der Waals surface area contributed by atoms with E-state index in [9.17, 15) is 9.59 Å². The molecule has 5 nitrogen and oxygen atoms in total. The minimum Gasteiger partial charge on any atom is -0.465 e. The molecule has 0 unspecified atom stereocenters. The lowest BCUT2D eigenvalue weighted by atomic mass is 10.0. The Balaban J connectivity index is 1.96. The van der Waals surface area contributed by atoms with Crippen molar-refractivity contribution in [3.05, 3.63) is 34.9 Å². The van der Waals surface area contributed by atoms with Crippen molar-refractivity contribution in [3.8, 4) is 0 Å². The van der Waals surface area contributed by atoms with Crippen molar-refractivity contribution in [1.29, 1.82) is 0 Å². The van der Waals surface area contributed by atoms with Gasteiger partial charge >= 0.3 is 6.09 Å². The van der Waals surface area contributed by atoms with Gasteiger partial charge in [0.05, 0.1) is 6.42 Å². The predicted octanol–water partition coefficient (Wildman–Crippen LogP) is 1.67. The van der Waals surface area contributed by atoms with Crippen LogP contribution in [0.25, 0.3) is 0 Å². The summed E-state index contributed by atoms with van der Waals surface area (Å²) < 4.78 is 0. The Labute approximate surface area is 118 Å². The Morgan fingerprint density at radius 3 is 2.30 bits per heavy atom. The number of nitrogens with zero attached hydrogens (tertiary/aromatic N) is 2. The van der Waals surface area contributed by atoms with Gasteiger partial charge in [-0.25, -0.2) is 4.79 Å². The highest BCUT2D eigenvalue weighted by Gasteiger charge is 2.23. The first kappa shape index (κ1) is 14.4. The fourth-order valence-corrected chi connectivity index (χ4v) is 2.41. The van der Waals surface area contributed by atoms with Gasteiger partial charge in [0.15, 0.2) is 0 Å². The largest absolute Gasteiger partial charge is 0.465 e. The van der Waals surface area contributed by atoms with Crippen molar-refractivity contribution in [1.82, 2.24) is 9.80 Å². The van der Waals surface area contributed by atoms with E-state index >= 15 is 0 Å². The van der Waals surface area contributed by atoms with Crippen LogP contribution in [0, 0.1) is 13.8 Å². The fourth-order valence-electron chi connectivity index (χ4n) is 2.41. The van der Waals surface area contributed by atoms with Crippen molar-refractivity contribution in [2.24, 2.45) is 0 Å². The molecule has 1 N–H and O–H groups in total. The van der Waals surface area contributed by atoms with Crippen LogP contribution in [0.3, 0.4) is 0 Å². The Bertz CT molecular complexity index is 520. The molecule has 1 aromatic rings. The van der Waals surface area contributed by atoms with Crippen LogP contribution >= 0.6 is 0 Å². The van der Waals surface area contributed by atoms with Gasteiger partial charge in [0.25, 0.3) is 0 Å². The molecule has 2 rings (SSSR count). The average Bonchev–Trinajstić information content (AvgIpc) is 2.43. The molecular formula is C15H20N2O3. The first-order valence-electron chi connectivity index (χ1n) is 6.79. The normalized spacial score (nSPS) is 15.3. The molecule has 1 aliphatic rings.